The lowest BCUT2D eigenvalue weighted by molar-refractivity contribution is 0.160. The van der Waals surface area contributed by atoms with Gasteiger partial charge in [-0.05, 0) is 12.8 Å². The second kappa shape index (κ2) is 4.43. The molecule has 0 radical (unpaired) electrons. The van der Waals surface area contributed by atoms with Crippen LogP contribution in [0.2, 0.25) is 0 Å². The van der Waals surface area contributed by atoms with Crippen LogP contribution in [-0.2, 0) is 10.2 Å². The predicted octanol–water partition coefficient (Wildman–Crippen LogP) is 2.71. The van der Waals surface area contributed by atoms with Crippen molar-refractivity contribution in [3.05, 3.63) is 11.9 Å². The Balaban J connectivity index is 1.59. The first-order valence-electron chi connectivity index (χ1n) is 7.65. The Morgan fingerprint density at radius 3 is 2.86 bits per heavy atom. The maximum absolute atomic E-state index is 5.60. The molecule has 6 heteroatoms. The molecule has 114 valence electrons. The average molecular weight is 306 g/mol. The molecular weight excluding hydrogens is 284 g/mol. The summed E-state index contributed by atoms with van der Waals surface area (Å²) in [6.07, 6.45) is 4.49. The Hall–Kier alpha value is -1.14. The molecule has 1 spiro atoms. The minimum atomic E-state index is 0.0759. The van der Waals surface area contributed by atoms with Gasteiger partial charge in [-0.15, -0.1) is 5.10 Å². The van der Waals surface area contributed by atoms with Gasteiger partial charge in [0.1, 0.15) is 0 Å². The van der Waals surface area contributed by atoms with Crippen molar-refractivity contribution < 1.29 is 4.74 Å². The van der Waals surface area contributed by atoms with Crippen molar-refractivity contribution in [3.8, 4) is 0 Å². The second-order valence-electron chi connectivity index (χ2n) is 7.46. The van der Waals surface area contributed by atoms with E-state index in [1.54, 1.807) is 11.3 Å². The molecule has 4 rings (SSSR count). The van der Waals surface area contributed by atoms with Crippen molar-refractivity contribution in [3.63, 3.8) is 0 Å². The fourth-order valence-corrected chi connectivity index (χ4v) is 4.16. The molecule has 0 bridgehead atoms. The molecule has 2 aromatic rings. The zero-order chi connectivity index (χ0) is 14.7. The quantitative estimate of drug-likeness (QED) is 0.812. The van der Waals surface area contributed by atoms with Crippen molar-refractivity contribution in [1.82, 2.24) is 14.6 Å². The topological polar surface area (TPSA) is 42.7 Å². The smallest absolute Gasteiger partial charge is 0.214 e. The third-order valence-electron chi connectivity index (χ3n) is 4.69. The maximum atomic E-state index is 5.60. The number of anilines is 1. The van der Waals surface area contributed by atoms with E-state index in [4.69, 9.17) is 14.8 Å². The molecule has 0 N–H and O–H groups in total. The van der Waals surface area contributed by atoms with Crippen molar-refractivity contribution in [2.75, 3.05) is 31.2 Å². The van der Waals surface area contributed by atoms with Crippen molar-refractivity contribution in [1.29, 1.82) is 0 Å². The van der Waals surface area contributed by atoms with E-state index in [1.807, 2.05) is 4.52 Å². The molecule has 0 aliphatic carbocycles. The first kappa shape index (κ1) is 13.5. The number of nitrogens with zero attached hydrogens (tertiary/aromatic N) is 4. The lowest BCUT2D eigenvalue weighted by Gasteiger charge is -2.21. The monoisotopic (exact) mass is 306 g/mol. The van der Waals surface area contributed by atoms with E-state index in [9.17, 15) is 0 Å². The van der Waals surface area contributed by atoms with Gasteiger partial charge >= 0.3 is 0 Å². The highest BCUT2D eigenvalue weighted by Crippen LogP contribution is 2.41. The summed E-state index contributed by atoms with van der Waals surface area (Å²) in [5, 5.41) is 5.84. The molecule has 2 aromatic heterocycles. The molecule has 5 nitrogen and oxygen atoms in total. The Morgan fingerprint density at radius 1 is 1.33 bits per heavy atom. The number of hydrogen-bond donors (Lipinski definition) is 0. The highest BCUT2D eigenvalue weighted by Gasteiger charge is 2.42. The number of imidazole rings is 1. The number of rotatable bonds is 1. The molecule has 2 fully saturated rings. The predicted molar refractivity (Wildman–Crippen MR) is 84.3 cm³/mol. The summed E-state index contributed by atoms with van der Waals surface area (Å²) in [7, 11) is 0. The molecular formula is C15H22N4OS. The highest BCUT2D eigenvalue weighted by molar-refractivity contribution is 7.20. The van der Waals surface area contributed by atoms with Gasteiger partial charge in [0.05, 0.1) is 18.5 Å². The molecule has 0 amide bonds. The Bertz CT molecular complexity index is 631. The van der Waals surface area contributed by atoms with Gasteiger partial charge in [0.25, 0.3) is 0 Å². The van der Waals surface area contributed by atoms with Crippen LogP contribution in [0.25, 0.3) is 4.96 Å². The van der Waals surface area contributed by atoms with Crippen molar-refractivity contribution in [2.24, 2.45) is 5.41 Å². The summed E-state index contributed by atoms with van der Waals surface area (Å²) in [6, 6.07) is 0. The van der Waals surface area contributed by atoms with Gasteiger partial charge in [0.15, 0.2) is 0 Å². The standard InChI is InChI=1S/C15H22N4OS/c1-14(2,3)11-8-19-12(16-11)21-13(17-19)18-6-4-15(9-18)5-7-20-10-15/h8H,4-7,9-10H2,1-3H3/t15-/m1/s1. The van der Waals surface area contributed by atoms with E-state index in [1.165, 1.54) is 12.8 Å². The van der Waals surface area contributed by atoms with Crippen molar-refractivity contribution >= 4 is 21.4 Å². The van der Waals surface area contributed by atoms with Gasteiger partial charge in [-0.1, -0.05) is 32.1 Å². The number of fused-ring (bicyclic) bond motifs is 1. The van der Waals surface area contributed by atoms with Gasteiger partial charge in [0, 0.05) is 30.5 Å². The number of ether oxygens (including phenoxy) is 1. The summed E-state index contributed by atoms with van der Waals surface area (Å²) in [5.74, 6) is 0. The van der Waals surface area contributed by atoms with Crippen LogP contribution in [-0.4, -0.2) is 40.9 Å². The summed E-state index contributed by atoms with van der Waals surface area (Å²) >= 11 is 1.70. The summed E-state index contributed by atoms with van der Waals surface area (Å²) < 4.78 is 7.54. The minimum absolute atomic E-state index is 0.0759. The number of aromatic nitrogens is 3. The maximum Gasteiger partial charge on any atom is 0.214 e. The number of hydrogen-bond acceptors (Lipinski definition) is 5. The fraction of sp³-hybridized carbons (Fsp3) is 0.733. The van der Waals surface area contributed by atoms with Crippen LogP contribution in [0.5, 0.6) is 0 Å². The van der Waals surface area contributed by atoms with Crippen LogP contribution in [0.1, 0.15) is 39.3 Å². The highest BCUT2D eigenvalue weighted by atomic mass is 32.1. The van der Waals surface area contributed by atoms with Gasteiger partial charge in [0.2, 0.25) is 10.1 Å². The van der Waals surface area contributed by atoms with Crippen LogP contribution in [0.15, 0.2) is 6.20 Å². The summed E-state index contributed by atoms with van der Waals surface area (Å²) in [5.41, 5.74) is 1.56. The van der Waals surface area contributed by atoms with E-state index in [0.29, 0.717) is 5.41 Å². The van der Waals surface area contributed by atoms with Gasteiger partial charge in [-0.25, -0.2) is 9.50 Å². The normalized spacial score (nSPS) is 26.5. The third kappa shape index (κ3) is 2.25. The molecule has 4 heterocycles. The van der Waals surface area contributed by atoms with E-state index in [-0.39, 0.29) is 5.41 Å². The Labute approximate surface area is 128 Å². The van der Waals surface area contributed by atoms with Gasteiger partial charge in [-0.2, -0.15) is 0 Å². The largest absolute Gasteiger partial charge is 0.381 e. The second-order valence-corrected chi connectivity index (χ2v) is 8.40. The molecule has 0 unspecified atom stereocenters. The van der Waals surface area contributed by atoms with Crippen LogP contribution in [0.4, 0.5) is 5.13 Å². The molecule has 21 heavy (non-hydrogen) atoms. The van der Waals surface area contributed by atoms with Gasteiger partial charge in [-0.3, -0.25) is 0 Å². The summed E-state index contributed by atoms with van der Waals surface area (Å²) in [6.45, 7) is 10.6. The van der Waals surface area contributed by atoms with Crippen LogP contribution in [0, 0.1) is 5.41 Å². The first-order valence-corrected chi connectivity index (χ1v) is 8.46. The minimum Gasteiger partial charge on any atom is -0.381 e. The molecule has 2 saturated heterocycles. The molecule has 0 saturated carbocycles. The lowest BCUT2D eigenvalue weighted by atomic mass is 9.87. The molecule has 2 aliphatic rings. The van der Waals surface area contributed by atoms with E-state index < -0.39 is 0 Å². The lowest BCUT2D eigenvalue weighted by Crippen LogP contribution is -2.27. The van der Waals surface area contributed by atoms with Crippen LogP contribution >= 0.6 is 11.3 Å². The summed E-state index contributed by atoms with van der Waals surface area (Å²) in [4.78, 5) is 8.14. The van der Waals surface area contributed by atoms with Gasteiger partial charge < -0.3 is 9.64 Å². The SMILES string of the molecule is CC(C)(C)c1cn2nc(N3CC[C@@]4(CCOC4)C3)sc2n1. The van der Waals surface area contributed by atoms with Crippen molar-refractivity contribution in [2.45, 2.75) is 39.0 Å². The van der Waals surface area contributed by atoms with Crippen LogP contribution in [0.3, 0.4) is 0 Å². The van der Waals surface area contributed by atoms with Crippen LogP contribution < -0.4 is 4.90 Å². The first-order chi connectivity index (χ1) is 9.95. The fourth-order valence-electron chi connectivity index (χ4n) is 3.25. The molecule has 0 aromatic carbocycles. The zero-order valence-corrected chi connectivity index (χ0v) is 13.7. The molecule has 2 aliphatic heterocycles. The Morgan fingerprint density at radius 2 is 2.19 bits per heavy atom. The average Bonchev–Trinajstić information content (AvgIpc) is 3.13. The third-order valence-corrected chi connectivity index (χ3v) is 5.68. The van der Waals surface area contributed by atoms with E-state index >= 15 is 0 Å². The zero-order valence-electron chi connectivity index (χ0n) is 12.9. The van der Waals surface area contributed by atoms with E-state index in [0.717, 1.165) is 42.1 Å². The Kier molecular flexibility index (Phi) is 2.85. The van der Waals surface area contributed by atoms with E-state index in [2.05, 4.69) is 31.9 Å². The molecule has 1 atom stereocenters.